The molecule has 3 rings (SSSR count). The quantitative estimate of drug-likeness (QED) is 0.847. The van der Waals surface area contributed by atoms with E-state index in [1.807, 2.05) is 23.0 Å². The minimum atomic E-state index is 0.696. The van der Waals surface area contributed by atoms with Crippen LogP contribution in [0.25, 0.3) is 0 Å². The SMILES string of the molecule is CCn1cc(CN2CCN(Cc3ccc(Cl)cn3)CC2)cn1. The van der Waals surface area contributed by atoms with Crippen LogP contribution in [0, 0.1) is 0 Å². The molecular formula is C16H22ClN5. The summed E-state index contributed by atoms with van der Waals surface area (Å²) < 4.78 is 1.98. The van der Waals surface area contributed by atoms with Crippen molar-refractivity contribution in [3.8, 4) is 0 Å². The van der Waals surface area contributed by atoms with Gasteiger partial charge >= 0.3 is 0 Å². The molecule has 0 atom stereocenters. The summed E-state index contributed by atoms with van der Waals surface area (Å²) in [6.45, 7) is 9.27. The zero-order valence-electron chi connectivity index (χ0n) is 13.0. The largest absolute Gasteiger partial charge is 0.296 e. The third kappa shape index (κ3) is 4.06. The Balaban J connectivity index is 1.46. The van der Waals surface area contributed by atoms with Gasteiger partial charge in [-0.25, -0.2) is 0 Å². The zero-order chi connectivity index (χ0) is 15.4. The van der Waals surface area contributed by atoms with E-state index >= 15 is 0 Å². The Labute approximate surface area is 136 Å². The molecule has 2 aromatic heterocycles. The van der Waals surface area contributed by atoms with Crippen molar-refractivity contribution in [2.24, 2.45) is 0 Å². The molecule has 5 nitrogen and oxygen atoms in total. The van der Waals surface area contributed by atoms with Crippen molar-refractivity contribution in [3.63, 3.8) is 0 Å². The Morgan fingerprint density at radius 1 is 1.05 bits per heavy atom. The molecule has 0 aliphatic carbocycles. The van der Waals surface area contributed by atoms with E-state index in [1.165, 1.54) is 5.56 Å². The van der Waals surface area contributed by atoms with Crippen LogP contribution in [0.4, 0.5) is 0 Å². The molecule has 0 radical (unpaired) electrons. The van der Waals surface area contributed by atoms with E-state index in [4.69, 9.17) is 11.6 Å². The molecule has 118 valence electrons. The minimum absolute atomic E-state index is 0.696. The first-order valence-corrected chi connectivity index (χ1v) is 8.17. The highest BCUT2D eigenvalue weighted by Crippen LogP contribution is 2.12. The van der Waals surface area contributed by atoms with E-state index in [1.54, 1.807) is 6.20 Å². The minimum Gasteiger partial charge on any atom is -0.296 e. The van der Waals surface area contributed by atoms with Crippen molar-refractivity contribution in [1.29, 1.82) is 0 Å². The average molecular weight is 320 g/mol. The average Bonchev–Trinajstić information content (AvgIpc) is 2.99. The lowest BCUT2D eigenvalue weighted by molar-refractivity contribution is 0.121. The number of pyridine rings is 1. The van der Waals surface area contributed by atoms with Gasteiger partial charge in [-0.05, 0) is 19.1 Å². The Bertz CT molecular complexity index is 587. The molecule has 2 aromatic rings. The van der Waals surface area contributed by atoms with Gasteiger partial charge in [-0.2, -0.15) is 5.10 Å². The second-order valence-corrected chi connectivity index (χ2v) is 6.16. The Kier molecular flexibility index (Phi) is 5.08. The first-order chi connectivity index (χ1) is 10.7. The van der Waals surface area contributed by atoms with E-state index in [-0.39, 0.29) is 0 Å². The predicted molar refractivity (Wildman–Crippen MR) is 87.7 cm³/mol. The summed E-state index contributed by atoms with van der Waals surface area (Å²) in [5.74, 6) is 0. The van der Waals surface area contributed by atoms with Crippen molar-refractivity contribution in [3.05, 3.63) is 47.0 Å². The van der Waals surface area contributed by atoms with Gasteiger partial charge < -0.3 is 0 Å². The summed E-state index contributed by atoms with van der Waals surface area (Å²) in [5.41, 5.74) is 2.39. The molecule has 1 fully saturated rings. The summed E-state index contributed by atoms with van der Waals surface area (Å²) in [7, 11) is 0. The molecule has 0 N–H and O–H groups in total. The summed E-state index contributed by atoms with van der Waals surface area (Å²) in [6.07, 6.45) is 5.84. The van der Waals surface area contributed by atoms with E-state index in [2.05, 4.69) is 33.0 Å². The van der Waals surface area contributed by atoms with Gasteiger partial charge in [0.25, 0.3) is 0 Å². The second kappa shape index (κ2) is 7.22. The van der Waals surface area contributed by atoms with E-state index in [0.29, 0.717) is 5.02 Å². The fraction of sp³-hybridized carbons (Fsp3) is 0.500. The Morgan fingerprint density at radius 3 is 2.36 bits per heavy atom. The van der Waals surface area contributed by atoms with E-state index in [9.17, 15) is 0 Å². The standard InChI is InChI=1S/C16H22ClN5/c1-2-22-12-14(9-19-22)11-20-5-7-21(8-6-20)13-16-4-3-15(17)10-18-16/h3-4,9-10,12H,2,5-8,11,13H2,1H3. The van der Waals surface area contributed by atoms with Crippen molar-refractivity contribution in [2.45, 2.75) is 26.6 Å². The number of hydrogen-bond acceptors (Lipinski definition) is 4. The molecule has 0 amide bonds. The smallest absolute Gasteiger partial charge is 0.0589 e. The molecule has 0 spiro atoms. The molecule has 0 unspecified atom stereocenters. The van der Waals surface area contributed by atoms with Crippen LogP contribution in [0.15, 0.2) is 30.7 Å². The molecule has 0 saturated carbocycles. The van der Waals surface area contributed by atoms with Crippen molar-refractivity contribution in [1.82, 2.24) is 24.6 Å². The monoisotopic (exact) mass is 319 g/mol. The van der Waals surface area contributed by atoms with Crippen LogP contribution in [0.2, 0.25) is 5.02 Å². The van der Waals surface area contributed by atoms with Crippen LogP contribution < -0.4 is 0 Å². The van der Waals surface area contributed by atoms with Gasteiger partial charge in [-0.15, -0.1) is 0 Å². The normalized spacial score (nSPS) is 17.0. The van der Waals surface area contributed by atoms with Crippen LogP contribution in [-0.4, -0.2) is 50.7 Å². The van der Waals surface area contributed by atoms with E-state index < -0.39 is 0 Å². The van der Waals surface area contributed by atoms with Gasteiger partial charge in [-0.1, -0.05) is 11.6 Å². The Hall–Kier alpha value is -1.43. The fourth-order valence-corrected chi connectivity index (χ4v) is 2.87. The molecule has 3 heterocycles. The molecule has 6 heteroatoms. The molecule has 1 aliphatic heterocycles. The van der Waals surface area contributed by atoms with Gasteiger partial charge in [0, 0.05) is 63.8 Å². The van der Waals surface area contributed by atoms with Crippen molar-refractivity contribution >= 4 is 11.6 Å². The van der Waals surface area contributed by atoms with Gasteiger partial charge in [0.2, 0.25) is 0 Å². The summed E-state index contributed by atoms with van der Waals surface area (Å²) in [4.78, 5) is 9.31. The maximum atomic E-state index is 5.87. The van der Waals surface area contributed by atoms with Gasteiger partial charge in [-0.3, -0.25) is 19.5 Å². The number of hydrogen-bond donors (Lipinski definition) is 0. The zero-order valence-corrected chi connectivity index (χ0v) is 13.7. The Morgan fingerprint density at radius 2 is 1.77 bits per heavy atom. The lowest BCUT2D eigenvalue weighted by atomic mass is 10.2. The maximum Gasteiger partial charge on any atom is 0.0589 e. The molecular weight excluding hydrogens is 298 g/mol. The second-order valence-electron chi connectivity index (χ2n) is 5.72. The number of halogens is 1. The van der Waals surface area contributed by atoms with E-state index in [0.717, 1.165) is 51.5 Å². The maximum absolute atomic E-state index is 5.87. The van der Waals surface area contributed by atoms with Crippen LogP contribution in [0.3, 0.4) is 0 Å². The van der Waals surface area contributed by atoms with Crippen LogP contribution in [0.1, 0.15) is 18.2 Å². The fourth-order valence-electron chi connectivity index (χ4n) is 2.75. The summed E-state index contributed by atoms with van der Waals surface area (Å²) in [5, 5.41) is 5.03. The molecule has 1 saturated heterocycles. The summed E-state index contributed by atoms with van der Waals surface area (Å²) >= 11 is 5.87. The molecule has 22 heavy (non-hydrogen) atoms. The first kappa shape index (κ1) is 15.5. The molecule has 0 aromatic carbocycles. The number of aromatic nitrogens is 3. The van der Waals surface area contributed by atoms with Crippen LogP contribution in [0.5, 0.6) is 0 Å². The third-order valence-corrected chi connectivity index (χ3v) is 4.28. The number of piperazine rings is 1. The predicted octanol–water partition coefficient (Wildman–Crippen LogP) is 2.27. The van der Waals surface area contributed by atoms with Crippen LogP contribution >= 0.6 is 11.6 Å². The van der Waals surface area contributed by atoms with Gasteiger partial charge in [0.15, 0.2) is 0 Å². The molecule has 1 aliphatic rings. The topological polar surface area (TPSA) is 37.2 Å². The van der Waals surface area contributed by atoms with Gasteiger partial charge in [0.1, 0.15) is 0 Å². The summed E-state index contributed by atoms with van der Waals surface area (Å²) in [6, 6.07) is 3.92. The highest BCUT2D eigenvalue weighted by atomic mass is 35.5. The van der Waals surface area contributed by atoms with Crippen LogP contribution in [-0.2, 0) is 19.6 Å². The number of rotatable bonds is 5. The first-order valence-electron chi connectivity index (χ1n) is 7.79. The third-order valence-electron chi connectivity index (χ3n) is 4.06. The molecule has 0 bridgehead atoms. The lowest BCUT2D eigenvalue weighted by Gasteiger charge is -2.34. The van der Waals surface area contributed by atoms with Crippen molar-refractivity contribution < 1.29 is 0 Å². The lowest BCUT2D eigenvalue weighted by Crippen LogP contribution is -2.45. The van der Waals surface area contributed by atoms with Crippen molar-refractivity contribution in [2.75, 3.05) is 26.2 Å². The highest BCUT2D eigenvalue weighted by molar-refractivity contribution is 6.30. The van der Waals surface area contributed by atoms with Gasteiger partial charge in [0.05, 0.1) is 16.9 Å². The highest BCUT2D eigenvalue weighted by Gasteiger charge is 2.17. The number of nitrogens with zero attached hydrogens (tertiary/aromatic N) is 5. The number of aryl methyl sites for hydroxylation is 1.